The van der Waals surface area contributed by atoms with E-state index in [0.717, 1.165) is 52.8 Å². The quantitative estimate of drug-likeness (QED) is 0.798. The summed E-state index contributed by atoms with van der Waals surface area (Å²) in [4.78, 5) is 19.0. The number of hydrogen-bond acceptors (Lipinski definition) is 2. The van der Waals surface area contributed by atoms with Gasteiger partial charge in [-0.3, -0.25) is 4.79 Å². The van der Waals surface area contributed by atoms with Gasteiger partial charge in [0.05, 0.1) is 5.56 Å². The first-order valence-electron chi connectivity index (χ1n) is 6.56. The fourth-order valence-electron chi connectivity index (χ4n) is 2.84. The van der Waals surface area contributed by atoms with Crippen LogP contribution < -0.4 is 0 Å². The van der Waals surface area contributed by atoms with Crippen LogP contribution in [0, 0.1) is 0 Å². The Bertz CT molecular complexity index is 662. The Kier molecular flexibility index (Phi) is 3.09. The van der Waals surface area contributed by atoms with E-state index < -0.39 is 0 Å². The molecule has 0 N–H and O–H groups in total. The Balaban J connectivity index is 2.21. The summed E-state index contributed by atoms with van der Waals surface area (Å²) in [5.41, 5.74) is 2.83. The van der Waals surface area contributed by atoms with Gasteiger partial charge in [0.25, 0.3) is 5.91 Å². The maximum Gasteiger partial charge on any atom is 0.256 e. The molecule has 100 valence electrons. The van der Waals surface area contributed by atoms with Gasteiger partial charge in [-0.1, -0.05) is 6.92 Å². The minimum Gasteiger partial charge on any atom is -0.338 e. The third-order valence-electron chi connectivity index (χ3n) is 3.73. The highest BCUT2D eigenvalue weighted by Crippen LogP contribution is 2.30. The summed E-state index contributed by atoms with van der Waals surface area (Å²) in [6, 6.07) is 3.88. The van der Waals surface area contributed by atoms with Gasteiger partial charge >= 0.3 is 0 Å². The standard InChI is InChI=1S/C14H16BrN3O/c1-3-7-18-8-6-10-12(14(18)19)9-4-5-11(15)16-13(9)17(10)2/h4-5H,3,6-8H2,1-2H3. The summed E-state index contributed by atoms with van der Waals surface area (Å²) in [5, 5.41) is 0.964. The number of nitrogens with zero attached hydrogens (tertiary/aromatic N) is 3. The molecule has 5 heteroatoms. The predicted octanol–water partition coefficient (Wildman–Crippen LogP) is 2.74. The zero-order valence-corrected chi connectivity index (χ0v) is 12.7. The highest BCUT2D eigenvalue weighted by Gasteiger charge is 2.29. The lowest BCUT2D eigenvalue weighted by Gasteiger charge is -2.27. The van der Waals surface area contributed by atoms with Gasteiger partial charge < -0.3 is 9.47 Å². The third kappa shape index (κ3) is 1.87. The molecular weight excluding hydrogens is 306 g/mol. The van der Waals surface area contributed by atoms with E-state index in [1.165, 1.54) is 0 Å². The highest BCUT2D eigenvalue weighted by molar-refractivity contribution is 9.10. The van der Waals surface area contributed by atoms with Crippen molar-refractivity contribution in [2.24, 2.45) is 7.05 Å². The van der Waals surface area contributed by atoms with Crippen molar-refractivity contribution in [3.05, 3.63) is 28.0 Å². The normalized spacial score (nSPS) is 15.1. The largest absolute Gasteiger partial charge is 0.338 e. The Morgan fingerprint density at radius 3 is 2.95 bits per heavy atom. The van der Waals surface area contributed by atoms with E-state index in [1.807, 2.05) is 24.1 Å². The number of rotatable bonds is 2. The lowest BCUT2D eigenvalue weighted by molar-refractivity contribution is 0.0740. The van der Waals surface area contributed by atoms with Crippen LogP contribution in [0.25, 0.3) is 11.0 Å². The van der Waals surface area contributed by atoms with E-state index in [9.17, 15) is 4.79 Å². The smallest absolute Gasteiger partial charge is 0.256 e. The summed E-state index contributed by atoms with van der Waals surface area (Å²) in [5.74, 6) is 0.151. The van der Waals surface area contributed by atoms with Gasteiger partial charge in [0, 0.05) is 37.6 Å². The van der Waals surface area contributed by atoms with Crippen LogP contribution in [-0.4, -0.2) is 33.4 Å². The molecule has 0 saturated heterocycles. The lowest BCUT2D eigenvalue weighted by atomic mass is 10.0. The van der Waals surface area contributed by atoms with Gasteiger partial charge in [0.1, 0.15) is 10.3 Å². The number of hydrogen-bond donors (Lipinski definition) is 0. The van der Waals surface area contributed by atoms with Crippen LogP contribution in [0.2, 0.25) is 0 Å². The first kappa shape index (κ1) is 12.7. The molecule has 1 aliphatic rings. The molecular formula is C14H16BrN3O. The highest BCUT2D eigenvalue weighted by atomic mass is 79.9. The van der Waals surface area contributed by atoms with Crippen molar-refractivity contribution < 1.29 is 4.79 Å². The molecule has 0 fully saturated rings. The Hall–Kier alpha value is -1.36. The fraction of sp³-hybridized carbons (Fsp3) is 0.429. The van der Waals surface area contributed by atoms with Gasteiger partial charge in [0.2, 0.25) is 0 Å². The van der Waals surface area contributed by atoms with Crippen molar-refractivity contribution >= 4 is 32.9 Å². The van der Waals surface area contributed by atoms with Gasteiger partial charge in [-0.25, -0.2) is 4.98 Å². The third-order valence-corrected chi connectivity index (χ3v) is 4.18. The molecule has 0 radical (unpaired) electrons. The zero-order valence-electron chi connectivity index (χ0n) is 11.1. The minimum absolute atomic E-state index is 0.151. The Morgan fingerprint density at radius 1 is 1.42 bits per heavy atom. The summed E-state index contributed by atoms with van der Waals surface area (Å²) in [7, 11) is 1.99. The van der Waals surface area contributed by atoms with Crippen LogP contribution in [0.15, 0.2) is 16.7 Å². The first-order valence-corrected chi connectivity index (χ1v) is 7.36. The predicted molar refractivity (Wildman–Crippen MR) is 78.3 cm³/mol. The number of amides is 1. The molecule has 0 bridgehead atoms. The average molecular weight is 322 g/mol. The molecule has 0 aliphatic carbocycles. The average Bonchev–Trinajstić information content (AvgIpc) is 2.67. The summed E-state index contributed by atoms with van der Waals surface area (Å²) in [6.07, 6.45) is 1.90. The second-order valence-corrected chi connectivity index (χ2v) is 5.74. The Labute approximate surface area is 120 Å². The van der Waals surface area contributed by atoms with Crippen LogP contribution in [0.3, 0.4) is 0 Å². The molecule has 2 aromatic heterocycles. The van der Waals surface area contributed by atoms with Gasteiger partial charge in [-0.05, 0) is 34.5 Å². The SMILES string of the molecule is CCCN1CCc2c(c3ccc(Br)nc3n2C)C1=O. The number of halogens is 1. The fourth-order valence-corrected chi connectivity index (χ4v) is 3.14. The maximum atomic E-state index is 12.6. The second-order valence-electron chi connectivity index (χ2n) is 4.93. The van der Waals surface area contributed by atoms with E-state index >= 15 is 0 Å². The van der Waals surface area contributed by atoms with Crippen molar-refractivity contribution in [3.8, 4) is 0 Å². The summed E-state index contributed by atoms with van der Waals surface area (Å²) < 4.78 is 2.85. The minimum atomic E-state index is 0.151. The number of aryl methyl sites for hydroxylation is 1. The van der Waals surface area contributed by atoms with E-state index in [4.69, 9.17) is 0 Å². The summed E-state index contributed by atoms with van der Waals surface area (Å²) >= 11 is 3.39. The second kappa shape index (κ2) is 4.63. The molecule has 4 nitrogen and oxygen atoms in total. The van der Waals surface area contributed by atoms with Crippen molar-refractivity contribution in [2.75, 3.05) is 13.1 Å². The van der Waals surface area contributed by atoms with Crippen molar-refractivity contribution in [2.45, 2.75) is 19.8 Å². The molecule has 1 amide bonds. The van der Waals surface area contributed by atoms with E-state index in [2.05, 4.69) is 32.4 Å². The molecule has 0 saturated carbocycles. The van der Waals surface area contributed by atoms with Crippen LogP contribution in [0.1, 0.15) is 29.4 Å². The van der Waals surface area contributed by atoms with Crippen LogP contribution in [0.5, 0.6) is 0 Å². The lowest BCUT2D eigenvalue weighted by Crippen LogP contribution is -2.38. The molecule has 19 heavy (non-hydrogen) atoms. The summed E-state index contributed by atoms with van der Waals surface area (Å²) in [6.45, 7) is 3.74. The van der Waals surface area contributed by atoms with Gasteiger partial charge in [-0.15, -0.1) is 0 Å². The van der Waals surface area contributed by atoms with Crippen LogP contribution in [0.4, 0.5) is 0 Å². The van der Waals surface area contributed by atoms with Gasteiger partial charge in [0.15, 0.2) is 0 Å². The number of pyridine rings is 1. The number of carbonyl (C=O) groups excluding carboxylic acids is 1. The van der Waals surface area contributed by atoms with E-state index in [0.29, 0.717) is 0 Å². The van der Waals surface area contributed by atoms with Crippen molar-refractivity contribution in [1.82, 2.24) is 14.5 Å². The van der Waals surface area contributed by atoms with Gasteiger partial charge in [-0.2, -0.15) is 0 Å². The molecule has 0 aromatic carbocycles. The number of carbonyl (C=O) groups is 1. The molecule has 3 heterocycles. The first-order chi connectivity index (χ1) is 9.13. The number of fused-ring (bicyclic) bond motifs is 3. The monoisotopic (exact) mass is 321 g/mol. The molecule has 0 atom stereocenters. The van der Waals surface area contributed by atoms with Crippen molar-refractivity contribution in [3.63, 3.8) is 0 Å². The van der Waals surface area contributed by atoms with E-state index in [1.54, 1.807) is 0 Å². The van der Waals surface area contributed by atoms with Crippen molar-refractivity contribution in [1.29, 1.82) is 0 Å². The molecule has 1 aliphatic heterocycles. The van der Waals surface area contributed by atoms with E-state index in [-0.39, 0.29) is 5.91 Å². The maximum absolute atomic E-state index is 12.6. The molecule has 0 spiro atoms. The Morgan fingerprint density at radius 2 is 2.21 bits per heavy atom. The number of aromatic nitrogens is 2. The zero-order chi connectivity index (χ0) is 13.6. The topological polar surface area (TPSA) is 38.1 Å². The molecule has 2 aromatic rings. The molecule has 3 rings (SSSR count). The molecule has 0 unspecified atom stereocenters. The van der Waals surface area contributed by atoms with Crippen LogP contribution in [-0.2, 0) is 13.5 Å². The van der Waals surface area contributed by atoms with Crippen LogP contribution >= 0.6 is 15.9 Å².